The van der Waals surface area contributed by atoms with Crippen LogP contribution in [0.4, 0.5) is 22.7 Å². The molecule has 1 saturated heterocycles. The number of carbonyl (C=O) groups excluding carboxylic acids is 2. The predicted molar refractivity (Wildman–Crippen MR) is 170 cm³/mol. The molecular formula is C30H33N5O6S2. The van der Waals surface area contributed by atoms with Crippen molar-refractivity contribution in [1.29, 1.82) is 0 Å². The first-order chi connectivity index (χ1) is 20.9. The van der Waals surface area contributed by atoms with Gasteiger partial charge in [-0.1, -0.05) is 11.8 Å². The first-order valence-corrected chi connectivity index (χ1v) is 15.2. The van der Waals surface area contributed by atoms with Crippen LogP contribution < -0.4 is 20.3 Å². The Balaban J connectivity index is 1.50. The highest BCUT2D eigenvalue weighted by Crippen LogP contribution is 2.51. The average Bonchev–Trinajstić information content (AvgIpc) is 3.70. The van der Waals surface area contributed by atoms with E-state index in [1.807, 2.05) is 49.2 Å². The number of rotatable bonds is 12. The fraction of sp³-hybridized carbons (Fsp3) is 0.300. The highest BCUT2D eigenvalue weighted by Gasteiger charge is 2.40. The van der Waals surface area contributed by atoms with Crippen LogP contribution in [0.2, 0.25) is 0 Å². The van der Waals surface area contributed by atoms with E-state index in [1.165, 1.54) is 30.6 Å². The number of nitrogens with zero attached hydrogens (tertiary/aromatic N) is 3. The Morgan fingerprint density at radius 3 is 2.67 bits per heavy atom. The molecule has 3 aromatic rings. The van der Waals surface area contributed by atoms with Crippen LogP contribution in [-0.4, -0.2) is 69.5 Å². The molecule has 226 valence electrons. The van der Waals surface area contributed by atoms with E-state index < -0.39 is 0 Å². The Bertz CT molecular complexity index is 1540. The van der Waals surface area contributed by atoms with E-state index in [0.717, 1.165) is 27.0 Å². The van der Waals surface area contributed by atoms with E-state index in [0.29, 0.717) is 47.0 Å². The molecule has 0 radical (unpaired) electrons. The molecule has 1 fully saturated rings. The average molecular weight is 624 g/mol. The van der Waals surface area contributed by atoms with Gasteiger partial charge in [-0.15, -0.1) is 0 Å². The highest BCUT2D eigenvalue weighted by atomic mass is 32.2. The van der Waals surface area contributed by atoms with Gasteiger partial charge in [0.1, 0.15) is 29.6 Å². The lowest BCUT2D eigenvalue weighted by Gasteiger charge is -2.16. The first kappa shape index (κ1) is 30.5. The Morgan fingerprint density at radius 2 is 1.93 bits per heavy atom. The number of anilines is 3. The fourth-order valence-electron chi connectivity index (χ4n) is 4.45. The standard InChI is InChI=1S/C30H33N5O6S2/c1-5-31-22-10-8-19(32-26(36)18-39-4)15-23(22)33-30-35(17-21-7-6-12-40-21)28(37)27(43-30)29-34(2)24-16-20(41-14-13-38-3)9-11-25(24)42-29/h6-12,15-16,31H,5,13-14,17-18H2,1-4H3,(H,32,36)/b29-27-,33-30+. The fourth-order valence-corrected chi connectivity index (χ4v) is 6.76. The van der Waals surface area contributed by atoms with Crippen LogP contribution in [0.1, 0.15) is 12.7 Å². The number of hydrogen-bond donors (Lipinski definition) is 2. The molecule has 2 amide bonds. The molecule has 1 aromatic heterocycles. The Morgan fingerprint density at radius 1 is 1.07 bits per heavy atom. The second-order valence-electron chi connectivity index (χ2n) is 9.48. The van der Waals surface area contributed by atoms with E-state index in [4.69, 9.17) is 23.6 Å². The summed E-state index contributed by atoms with van der Waals surface area (Å²) in [6, 6.07) is 14.9. The van der Waals surface area contributed by atoms with E-state index in [1.54, 1.807) is 36.5 Å². The van der Waals surface area contributed by atoms with Crippen molar-refractivity contribution in [3.63, 3.8) is 0 Å². The topological polar surface area (TPSA) is 118 Å². The normalized spacial score (nSPS) is 17.1. The van der Waals surface area contributed by atoms with Gasteiger partial charge in [0.25, 0.3) is 5.91 Å². The quantitative estimate of drug-likeness (QED) is 0.198. The zero-order valence-electron chi connectivity index (χ0n) is 24.3. The first-order valence-electron chi connectivity index (χ1n) is 13.6. The number of benzene rings is 2. The molecular weight excluding hydrogens is 590 g/mol. The molecule has 0 atom stereocenters. The van der Waals surface area contributed by atoms with E-state index in [9.17, 15) is 9.59 Å². The number of nitrogens with one attached hydrogen (secondary N) is 2. The van der Waals surface area contributed by atoms with Crippen molar-refractivity contribution in [2.24, 2.45) is 4.99 Å². The zero-order valence-corrected chi connectivity index (χ0v) is 26.0. The summed E-state index contributed by atoms with van der Waals surface area (Å²) in [4.78, 5) is 36.4. The van der Waals surface area contributed by atoms with Crippen molar-refractivity contribution in [2.75, 3.05) is 63.2 Å². The molecule has 0 spiro atoms. The number of methoxy groups -OCH3 is 2. The maximum Gasteiger partial charge on any atom is 0.269 e. The third-order valence-corrected chi connectivity index (χ3v) is 8.88. The number of carbonyl (C=O) groups is 2. The summed E-state index contributed by atoms with van der Waals surface area (Å²) in [6.45, 7) is 3.75. The Labute approximate surface area is 258 Å². The third-order valence-electron chi connectivity index (χ3n) is 6.45. The van der Waals surface area contributed by atoms with E-state index in [2.05, 4.69) is 10.6 Å². The smallest absolute Gasteiger partial charge is 0.269 e. The Hall–Kier alpha value is -3.91. The molecule has 2 aliphatic rings. The number of aliphatic imine (C=N–C) groups is 1. The number of furan rings is 1. The second kappa shape index (κ2) is 14.0. The van der Waals surface area contributed by atoms with Crippen LogP contribution >= 0.6 is 23.5 Å². The summed E-state index contributed by atoms with van der Waals surface area (Å²) < 4.78 is 21.4. The van der Waals surface area contributed by atoms with Gasteiger partial charge in [-0.3, -0.25) is 14.5 Å². The van der Waals surface area contributed by atoms with Crippen LogP contribution in [0, 0.1) is 0 Å². The van der Waals surface area contributed by atoms with E-state index in [-0.39, 0.29) is 25.0 Å². The van der Waals surface area contributed by atoms with Crippen LogP contribution in [-0.2, 0) is 25.6 Å². The molecule has 2 aromatic carbocycles. The summed E-state index contributed by atoms with van der Waals surface area (Å²) in [5, 5.41) is 7.44. The summed E-state index contributed by atoms with van der Waals surface area (Å²) in [5.41, 5.74) is 2.87. The molecule has 43 heavy (non-hydrogen) atoms. The highest BCUT2D eigenvalue weighted by molar-refractivity contribution is 8.19. The molecule has 0 unspecified atom stereocenters. The van der Waals surface area contributed by atoms with Crippen molar-refractivity contribution in [3.05, 3.63) is 70.5 Å². The largest absolute Gasteiger partial charge is 0.491 e. The molecule has 0 saturated carbocycles. The number of hydrogen-bond acceptors (Lipinski definition) is 11. The van der Waals surface area contributed by atoms with Gasteiger partial charge in [0.15, 0.2) is 5.17 Å². The molecule has 0 aliphatic carbocycles. The van der Waals surface area contributed by atoms with Crippen LogP contribution in [0.5, 0.6) is 5.75 Å². The van der Waals surface area contributed by atoms with Gasteiger partial charge in [0, 0.05) is 44.5 Å². The molecule has 2 N–H and O–H groups in total. The molecule has 5 rings (SSSR count). The minimum Gasteiger partial charge on any atom is -0.491 e. The maximum atomic E-state index is 14.0. The molecule has 2 aliphatic heterocycles. The van der Waals surface area contributed by atoms with Crippen LogP contribution in [0.25, 0.3) is 0 Å². The van der Waals surface area contributed by atoms with Gasteiger partial charge >= 0.3 is 0 Å². The minimum absolute atomic E-state index is 0.0641. The van der Waals surface area contributed by atoms with Gasteiger partial charge in [-0.05, 0) is 61.2 Å². The lowest BCUT2D eigenvalue weighted by atomic mass is 10.2. The summed E-state index contributed by atoms with van der Waals surface area (Å²) in [7, 11) is 5.04. The number of amides is 2. The molecule has 13 heteroatoms. The number of fused-ring (bicyclic) bond motifs is 1. The SMILES string of the molecule is CCNc1ccc(NC(=O)COC)cc1/N=C1/S/C(=C2\Sc3ccc(OCCOC)cc3N2C)C(=O)N1Cc1ccco1. The van der Waals surface area contributed by atoms with Crippen LogP contribution in [0.3, 0.4) is 0 Å². The van der Waals surface area contributed by atoms with Crippen molar-refractivity contribution in [3.8, 4) is 5.75 Å². The Kier molecular flexibility index (Phi) is 9.97. The molecule has 3 heterocycles. The molecule has 11 nitrogen and oxygen atoms in total. The predicted octanol–water partition coefficient (Wildman–Crippen LogP) is 5.50. The third kappa shape index (κ3) is 7.02. The van der Waals surface area contributed by atoms with Gasteiger partial charge < -0.3 is 34.2 Å². The summed E-state index contributed by atoms with van der Waals surface area (Å²) in [6.07, 6.45) is 1.58. The van der Waals surface area contributed by atoms with Gasteiger partial charge in [0.2, 0.25) is 5.91 Å². The number of ether oxygens (including phenoxy) is 3. The summed E-state index contributed by atoms with van der Waals surface area (Å²) in [5.74, 6) is 0.916. The maximum absolute atomic E-state index is 14.0. The van der Waals surface area contributed by atoms with Crippen molar-refractivity contribution >= 4 is 63.3 Å². The monoisotopic (exact) mass is 623 g/mol. The minimum atomic E-state index is -0.276. The van der Waals surface area contributed by atoms with Gasteiger partial charge in [-0.2, -0.15) is 0 Å². The van der Waals surface area contributed by atoms with Crippen LogP contribution in [0.15, 0.2) is 79.0 Å². The number of thioether (sulfide) groups is 2. The zero-order chi connectivity index (χ0) is 30.3. The molecule has 0 bridgehead atoms. The lowest BCUT2D eigenvalue weighted by molar-refractivity contribution is -0.123. The van der Waals surface area contributed by atoms with E-state index >= 15 is 0 Å². The van der Waals surface area contributed by atoms with Crippen molar-refractivity contribution in [1.82, 2.24) is 4.90 Å². The summed E-state index contributed by atoms with van der Waals surface area (Å²) >= 11 is 2.84. The number of amidine groups is 1. The van der Waals surface area contributed by atoms with Gasteiger partial charge in [0.05, 0.1) is 41.5 Å². The van der Waals surface area contributed by atoms with Crippen molar-refractivity contribution in [2.45, 2.75) is 18.4 Å². The lowest BCUT2D eigenvalue weighted by Crippen LogP contribution is -2.29. The van der Waals surface area contributed by atoms with Crippen molar-refractivity contribution < 1.29 is 28.2 Å². The second-order valence-corrected chi connectivity index (χ2v) is 11.5. The van der Waals surface area contributed by atoms with Gasteiger partial charge in [-0.25, -0.2) is 4.99 Å².